The zero-order valence-electron chi connectivity index (χ0n) is 13.1. The molecule has 0 saturated carbocycles. The van der Waals surface area contributed by atoms with Crippen LogP contribution in [0.3, 0.4) is 0 Å². The van der Waals surface area contributed by atoms with Crippen molar-refractivity contribution in [2.24, 2.45) is 0 Å². The molecule has 0 saturated heterocycles. The molecule has 3 aromatic rings. The van der Waals surface area contributed by atoms with Gasteiger partial charge in [-0.3, -0.25) is 4.68 Å². The van der Waals surface area contributed by atoms with Crippen LogP contribution in [0.5, 0.6) is 0 Å². The molecule has 2 aromatic carbocycles. The molecule has 1 heterocycles. The number of thiocarbonyl (C=S) groups is 1. The van der Waals surface area contributed by atoms with Crippen LogP contribution in [0, 0.1) is 5.82 Å². The number of hydrogen-bond acceptors (Lipinski definition) is 2. The van der Waals surface area contributed by atoms with Gasteiger partial charge in [0.2, 0.25) is 0 Å². The average Bonchev–Trinajstić information content (AvgIpc) is 2.88. The molecule has 0 atom stereocenters. The number of nitrogens with one attached hydrogen (secondary N) is 2. The maximum atomic E-state index is 13.8. The second-order valence-electron chi connectivity index (χ2n) is 5.35. The highest BCUT2D eigenvalue weighted by Crippen LogP contribution is 2.24. The van der Waals surface area contributed by atoms with Crippen LogP contribution in [0.15, 0.2) is 53.1 Å². The number of halogens is 4. The molecule has 26 heavy (non-hydrogen) atoms. The molecule has 0 radical (unpaired) electrons. The summed E-state index contributed by atoms with van der Waals surface area (Å²) in [5.41, 5.74) is 1.20. The third kappa shape index (κ3) is 4.94. The van der Waals surface area contributed by atoms with Gasteiger partial charge in [0.1, 0.15) is 5.82 Å². The first-order valence-electron chi connectivity index (χ1n) is 7.41. The standard InChI is InChI=1S/C17H12BrCl2FN4S/c18-14-9-25(8-10-3-1-2-4-15(10)21)24-16(14)23-17(26)22-13-6-11(19)5-12(20)7-13/h1-7,9H,8H2,(H2,22,23,24,26). The van der Waals surface area contributed by atoms with Crippen molar-refractivity contribution in [1.29, 1.82) is 0 Å². The van der Waals surface area contributed by atoms with Gasteiger partial charge in [0.15, 0.2) is 10.9 Å². The van der Waals surface area contributed by atoms with E-state index < -0.39 is 0 Å². The molecular formula is C17H12BrCl2FN4S. The highest BCUT2D eigenvalue weighted by Gasteiger charge is 2.10. The van der Waals surface area contributed by atoms with Crippen molar-refractivity contribution < 1.29 is 4.39 Å². The van der Waals surface area contributed by atoms with E-state index in [1.165, 1.54) is 6.07 Å². The second kappa shape index (κ2) is 8.35. The van der Waals surface area contributed by atoms with E-state index in [1.54, 1.807) is 47.3 Å². The largest absolute Gasteiger partial charge is 0.332 e. The zero-order valence-corrected chi connectivity index (χ0v) is 17.1. The predicted molar refractivity (Wildman–Crippen MR) is 112 cm³/mol. The van der Waals surface area contributed by atoms with Crippen LogP contribution in [-0.4, -0.2) is 14.9 Å². The first-order chi connectivity index (χ1) is 12.4. The van der Waals surface area contributed by atoms with Crippen LogP contribution in [-0.2, 0) is 6.54 Å². The molecule has 9 heteroatoms. The smallest absolute Gasteiger partial charge is 0.176 e. The van der Waals surface area contributed by atoms with Gasteiger partial charge < -0.3 is 10.6 Å². The molecule has 0 aliphatic rings. The number of hydrogen-bond donors (Lipinski definition) is 2. The van der Waals surface area contributed by atoms with Gasteiger partial charge in [-0.15, -0.1) is 0 Å². The first kappa shape index (κ1) is 19.1. The van der Waals surface area contributed by atoms with Crippen molar-refractivity contribution in [2.75, 3.05) is 10.6 Å². The molecule has 2 N–H and O–H groups in total. The summed E-state index contributed by atoms with van der Waals surface area (Å²) in [5.74, 6) is 0.232. The van der Waals surface area contributed by atoms with Crippen LogP contribution < -0.4 is 10.6 Å². The summed E-state index contributed by atoms with van der Waals surface area (Å²) < 4.78 is 16.1. The van der Waals surface area contributed by atoms with Gasteiger partial charge in [-0.05, 0) is 52.4 Å². The summed E-state index contributed by atoms with van der Waals surface area (Å²) in [7, 11) is 0. The Hall–Kier alpha value is -1.67. The summed E-state index contributed by atoms with van der Waals surface area (Å²) in [6, 6.07) is 11.6. The Balaban J connectivity index is 1.69. The zero-order chi connectivity index (χ0) is 18.7. The van der Waals surface area contributed by atoms with Crippen molar-refractivity contribution in [3.63, 3.8) is 0 Å². The maximum absolute atomic E-state index is 13.8. The van der Waals surface area contributed by atoms with E-state index >= 15 is 0 Å². The van der Waals surface area contributed by atoms with Gasteiger partial charge in [-0.25, -0.2) is 4.39 Å². The van der Waals surface area contributed by atoms with Crippen LogP contribution in [0.2, 0.25) is 10.0 Å². The molecule has 4 nitrogen and oxygen atoms in total. The Morgan fingerprint density at radius 1 is 1.15 bits per heavy atom. The summed E-state index contributed by atoms with van der Waals surface area (Å²) in [6.07, 6.45) is 1.74. The molecule has 0 aliphatic heterocycles. The number of nitrogens with zero attached hydrogens (tertiary/aromatic N) is 2. The molecule has 0 unspecified atom stereocenters. The van der Waals surface area contributed by atoms with Crippen LogP contribution in [0.1, 0.15) is 5.56 Å². The topological polar surface area (TPSA) is 41.9 Å². The van der Waals surface area contributed by atoms with Gasteiger partial charge in [-0.2, -0.15) is 5.10 Å². The first-order valence-corrected chi connectivity index (χ1v) is 9.37. The van der Waals surface area contributed by atoms with Crippen molar-refractivity contribution in [3.05, 3.63) is 74.6 Å². The fraction of sp³-hybridized carbons (Fsp3) is 0.0588. The normalized spacial score (nSPS) is 10.6. The third-order valence-electron chi connectivity index (χ3n) is 3.36. The lowest BCUT2D eigenvalue weighted by atomic mass is 10.2. The Morgan fingerprint density at radius 2 is 1.85 bits per heavy atom. The highest BCUT2D eigenvalue weighted by molar-refractivity contribution is 9.10. The van der Waals surface area contributed by atoms with Crippen LogP contribution >= 0.6 is 51.3 Å². The van der Waals surface area contributed by atoms with E-state index in [-0.39, 0.29) is 5.82 Å². The number of aromatic nitrogens is 2. The van der Waals surface area contributed by atoms with Crippen molar-refractivity contribution in [1.82, 2.24) is 9.78 Å². The lowest BCUT2D eigenvalue weighted by molar-refractivity contribution is 0.586. The van der Waals surface area contributed by atoms with E-state index in [2.05, 4.69) is 31.7 Å². The lowest BCUT2D eigenvalue weighted by Crippen LogP contribution is -2.19. The number of anilines is 2. The fourth-order valence-corrected chi connectivity index (χ4v) is 3.42. The number of rotatable bonds is 4. The minimum atomic E-state index is -0.274. The minimum Gasteiger partial charge on any atom is -0.332 e. The fourth-order valence-electron chi connectivity index (χ4n) is 2.26. The molecule has 134 valence electrons. The second-order valence-corrected chi connectivity index (χ2v) is 7.49. The van der Waals surface area contributed by atoms with E-state index in [1.807, 2.05) is 0 Å². The van der Waals surface area contributed by atoms with E-state index in [0.717, 1.165) is 0 Å². The lowest BCUT2D eigenvalue weighted by Gasteiger charge is -2.10. The van der Waals surface area contributed by atoms with Gasteiger partial charge in [-0.1, -0.05) is 41.4 Å². The summed E-state index contributed by atoms with van der Waals surface area (Å²) in [5, 5.41) is 11.7. The Bertz CT molecular complexity index is 943. The summed E-state index contributed by atoms with van der Waals surface area (Å²) in [4.78, 5) is 0. The van der Waals surface area contributed by atoms with Crippen molar-refractivity contribution >= 4 is 68.0 Å². The molecule has 0 amide bonds. The molecule has 0 spiro atoms. The highest BCUT2D eigenvalue weighted by atomic mass is 79.9. The predicted octanol–water partition coefficient (Wildman–Crippen LogP) is 5.95. The summed E-state index contributed by atoms with van der Waals surface area (Å²) in [6.45, 7) is 0.303. The van der Waals surface area contributed by atoms with E-state index in [0.29, 0.717) is 43.2 Å². The molecule has 3 rings (SSSR count). The molecule has 0 fully saturated rings. The van der Waals surface area contributed by atoms with Gasteiger partial charge >= 0.3 is 0 Å². The quantitative estimate of drug-likeness (QED) is 0.459. The SMILES string of the molecule is Fc1ccccc1Cn1cc(Br)c(NC(=S)Nc2cc(Cl)cc(Cl)c2)n1. The molecular weight excluding hydrogens is 462 g/mol. The molecule has 1 aromatic heterocycles. The van der Waals surface area contributed by atoms with Crippen molar-refractivity contribution in [2.45, 2.75) is 6.54 Å². The maximum Gasteiger partial charge on any atom is 0.176 e. The van der Waals surface area contributed by atoms with E-state index in [9.17, 15) is 4.39 Å². The minimum absolute atomic E-state index is 0.274. The number of benzene rings is 2. The van der Waals surface area contributed by atoms with Crippen molar-refractivity contribution in [3.8, 4) is 0 Å². The van der Waals surface area contributed by atoms with Gasteiger partial charge in [0.25, 0.3) is 0 Å². The molecule has 0 bridgehead atoms. The average molecular weight is 474 g/mol. The Morgan fingerprint density at radius 3 is 2.54 bits per heavy atom. The third-order valence-corrected chi connectivity index (χ3v) is 4.58. The van der Waals surface area contributed by atoms with Crippen LogP contribution in [0.4, 0.5) is 15.9 Å². The van der Waals surface area contributed by atoms with Gasteiger partial charge in [0.05, 0.1) is 11.0 Å². The monoisotopic (exact) mass is 472 g/mol. The van der Waals surface area contributed by atoms with E-state index in [4.69, 9.17) is 35.4 Å². The summed E-state index contributed by atoms with van der Waals surface area (Å²) >= 11 is 20.6. The van der Waals surface area contributed by atoms with Gasteiger partial charge in [0, 0.05) is 27.5 Å². The molecule has 0 aliphatic carbocycles. The Kier molecular flexibility index (Phi) is 6.13. The Labute approximate surface area is 173 Å². The van der Waals surface area contributed by atoms with Crippen LogP contribution in [0.25, 0.3) is 0 Å².